The lowest BCUT2D eigenvalue weighted by molar-refractivity contribution is -0.431. The zero-order valence-electron chi connectivity index (χ0n) is 13.9. The Morgan fingerprint density at radius 3 is 2.54 bits per heavy atom. The van der Waals surface area contributed by atoms with Gasteiger partial charge < -0.3 is 10.1 Å². The van der Waals surface area contributed by atoms with Crippen LogP contribution in [-0.2, 0) is 9.53 Å². The van der Waals surface area contributed by atoms with E-state index in [-0.39, 0.29) is 17.4 Å². The van der Waals surface area contributed by atoms with Gasteiger partial charge in [-0.1, -0.05) is 23.7 Å². The first-order valence-electron chi connectivity index (χ1n) is 7.51. The molecule has 0 amide bonds. The highest BCUT2D eigenvalue weighted by Gasteiger charge is 2.41. The van der Waals surface area contributed by atoms with Crippen LogP contribution in [0.25, 0.3) is 0 Å². The molecule has 1 atom stereocenters. The molecule has 0 radical (unpaired) electrons. The molecule has 0 fully saturated rings. The van der Waals surface area contributed by atoms with Crippen molar-refractivity contribution in [3.63, 3.8) is 0 Å². The second kappa shape index (κ2) is 7.05. The highest BCUT2D eigenvalue weighted by molar-refractivity contribution is 6.30. The van der Waals surface area contributed by atoms with Crippen LogP contribution in [0.15, 0.2) is 46.9 Å². The van der Waals surface area contributed by atoms with Gasteiger partial charge in [-0.25, -0.2) is 4.79 Å². The molecule has 1 heterocycles. The first-order chi connectivity index (χ1) is 11.2. The summed E-state index contributed by atoms with van der Waals surface area (Å²) in [5, 5.41) is 15.0. The van der Waals surface area contributed by atoms with E-state index in [0.29, 0.717) is 22.0 Å². The van der Waals surface area contributed by atoms with Crippen LogP contribution >= 0.6 is 11.6 Å². The molecule has 0 spiro atoms. The quantitative estimate of drug-likeness (QED) is 0.508. The molecule has 0 unspecified atom stereocenters. The van der Waals surface area contributed by atoms with Gasteiger partial charge in [-0.3, -0.25) is 10.1 Å². The van der Waals surface area contributed by atoms with E-state index in [1.807, 2.05) is 0 Å². The summed E-state index contributed by atoms with van der Waals surface area (Å²) < 4.78 is 5.29. The van der Waals surface area contributed by atoms with Gasteiger partial charge in [0.15, 0.2) is 0 Å². The molecule has 6 nitrogen and oxygen atoms in total. The molecule has 1 aliphatic heterocycles. The molecule has 0 bridgehead atoms. The maximum Gasteiger partial charge on any atom is 0.337 e. The summed E-state index contributed by atoms with van der Waals surface area (Å²) in [5.74, 6) is -1.42. The minimum atomic E-state index is -0.841. The maximum absolute atomic E-state index is 12.6. The zero-order valence-corrected chi connectivity index (χ0v) is 14.7. The van der Waals surface area contributed by atoms with Crippen molar-refractivity contribution in [3.8, 4) is 0 Å². The molecule has 128 valence electrons. The molecule has 0 saturated heterocycles. The van der Waals surface area contributed by atoms with Crippen molar-refractivity contribution in [2.24, 2.45) is 0 Å². The third-order valence-corrected chi connectivity index (χ3v) is 3.90. The van der Waals surface area contributed by atoms with Crippen molar-refractivity contribution in [3.05, 3.63) is 67.6 Å². The number of carbonyl (C=O) groups excluding carboxylic acids is 1. The third-order valence-electron chi connectivity index (χ3n) is 3.67. The number of nitrogens with one attached hydrogen (secondary N) is 1. The summed E-state index contributed by atoms with van der Waals surface area (Å²) in [6.07, 6.45) is -0.330. The van der Waals surface area contributed by atoms with Gasteiger partial charge >= 0.3 is 5.97 Å². The Morgan fingerprint density at radius 1 is 1.33 bits per heavy atom. The summed E-state index contributed by atoms with van der Waals surface area (Å²) in [4.78, 5) is 23.7. The molecule has 1 aromatic carbocycles. The van der Waals surface area contributed by atoms with Gasteiger partial charge in [0, 0.05) is 10.7 Å². The van der Waals surface area contributed by atoms with Gasteiger partial charge in [0.25, 0.3) is 5.70 Å². The van der Waals surface area contributed by atoms with Crippen LogP contribution in [0, 0.1) is 10.1 Å². The van der Waals surface area contributed by atoms with Crippen LogP contribution in [0.3, 0.4) is 0 Å². The second-order valence-corrected chi connectivity index (χ2v) is 6.31. The number of nitrogens with zero attached hydrogens (tertiary/aromatic N) is 1. The smallest absolute Gasteiger partial charge is 0.337 e. The van der Waals surface area contributed by atoms with Gasteiger partial charge in [-0.05, 0) is 45.4 Å². The van der Waals surface area contributed by atoms with Crippen molar-refractivity contribution in [2.45, 2.75) is 39.7 Å². The molecule has 1 N–H and O–H groups in total. The Balaban J connectivity index is 2.64. The zero-order chi connectivity index (χ0) is 18.0. The van der Waals surface area contributed by atoms with Crippen LogP contribution < -0.4 is 5.32 Å². The molecule has 24 heavy (non-hydrogen) atoms. The SMILES string of the molecule is CC1=C(C(=O)OC(C)C)[C@H](c2cccc(Cl)c2)C([N+](=O)[O-])=C(C)N1. The van der Waals surface area contributed by atoms with E-state index in [9.17, 15) is 14.9 Å². The van der Waals surface area contributed by atoms with Gasteiger partial charge in [0.2, 0.25) is 0 Å². The Bertz CT molecular complexity index is 753. The normalized spacial score (nSPS) is 17.8. The minimum Gasteiger partial charge on any atom is -0.460 e. The standard InChI is InChI=1S/C17H19ClN2O4/c1-9(2)24-17(21)14-10(3)19-11(4)16(20(22)23)15(14)12-6-5-7-13(18)8-12/h5-9,15,19H,1-4H3/t15-/m0/s1. The predicted molar refractivity (Wildman–Crippen MR) is 91.0 cm³/mol. The number of nitro groups is 1. The lowest BCUT2D eigenvalue weighted by Crippen LogP contribution is -2.32. The number of hydrogen-bond acceptors (Lipinski definition) is 5. The topological polar surface area (TPSA) is 81.5 Å². The number of benzene rings is 1. The van der Waals surface area contributed by atoms with Crippen molar-refractivity contribution < 1.29 is 14.5 Å². The first kappa shape index (κ1) is 18.0. The number of halogens is 1. The van der Waals surface area contributed by atoms with Crippen molar-refractivity contribution >= 4 is 17.6 Å². The van der Waals surface area contributed by atoms with Crippen molar-refractivity contribution in [1.29, 1.82) is 0 Å². The number of rotatable bonds is 4. The second-order valence-electron chi connectivity index (χ2n) is 5.87. The fourth-order valence-corrected chi connectivity index (χ4v) is 2.98. The Morgan fingerprint density at radius 2 is 2.00 bits per heavy atom. The van der Waals surface area contributed by atoms with Crippen molar-refractivity contribution in [2.75, 3.05) is 0 Å². The van der Waals surface area contributed by atoms with E-state index in [2.05, 4.69) is 5.32 Å². The number of carbonyl (C=O) groups is 1. The van der Waals surface area contributed by atoms with E-state index < -0.39 is 16.8 Å². The molecule has 1 aliphatic rings. The van der Waals surface area contributed by atoms with Crippen LogP contribution in [0.4, 0.5) is 0 Å². The molecular weight excluding hydrogens is 332 g/mol. The molecule has 7 heteroatoms. The summed E-state index contributed by atoms with van der Waals surface area (Å²) in [7, 11) is 0. The first-order valence-corrected chi connectivity index (χ1v) is 7.89. The number of esters is 1. The summed E-state index contributed by atoms with van der Waals surface area (Å²) in [6, 6.07) is 6.73. The van der Waals surface area contributed by atoms with Crippen molar-refractivity contribution in [1.82, 2.24) is 5.32 Å². The molecule has 0 aromatic heterocycles. The van der Waals surface area contributed by atoms with Gasteiger partial charge in [0.05, 0.1) is 22.3 Å². The fourth-order valence-electron chi connectivity index (χ4n) is 2.78. The highest BCUT2D eigenvalue weighted by Crippen LogP contribution is 2.39. The average Bonchev–Trinajstić information content (AvgIpc) is 2.44. The molecule has 0 aliphatic carbocycles. The van der Waals surface area contributed by atoms with Gasteiger partial charge in [-0.15, -0.1) is 0 Å². The maximum atomic E-state index is 12.6. The lowest BCUT2D eigenvalue weighted by Gasteiger charge is -2.27. The average molecular weight is 351 g/mol. The monoisotopic (exact) mass is 350 g/mol. The number of ether oxygens (including phenoxy) is 1. The van der Waals surface area contributed by atoms with E-state index in [0.717, 1.165) is 0 Å². The van der Waals surface area contributed by atoms with E-state index in [1.54, 1.807) is 52.0 Å². The molecular formula is C17H19ClN2O4. The van der Waals surface area contributed by atoms with Crippen LogP contribution in [0.2, 0.25) is 5.02 Å². The van der Waals surface area contributed by atoms with Gasteiger partial charge in [-0.2, -0.15) is 0 Å². The third kappa shape index (κ3) is 3.59. The summed E-state index contributed by atoms with van der Waals surface area (Å²) >= 11 is 6.04. The van der Waals surface area contributed by atoms with E-state index in [4.69, 9.17) is 16.3 Å². The molecule has 0 saturated carbocycles. The van der Waals surface area contributed by atoms with Crippen LogP contribution in [-0.4, -0.2) is 17.0 Å². The summed E-state index contributed by atoms with van der Waals surface area (Å²) in [5.41, 5.74) is 1.64. The summed E-state index contributed by atoms with van der Waals surface area (Å²) in [6.45, 7) is 6.78. The Labute approximate surface area is 145 Å². The highest BCUT2D eigenvalue weighted by atomic mass is 35.5. The van der Waals surface area contributed by atoms with E-state index in [1.165, 1.54) is 0 Å². The largest absolute Gasteiger partial charge is 0.460 e. The molecule has 2 rings (SSSR count). The number of allylic oxidation sites excluding steroid dienone is 3. The van der Waals surface area contributed by atoms with Crippen LogP contribution in [0.5, 0.6) is 0 Å². The van der Waals surface area contributed by atoms with Gasteiger partial charge in [0.1, 0.15) is 5.92 Å². The fraction of sp³-hybridized carbons (Fsp3) is 0.353. The number of hydrogen-bond donors (Lipinski definition) is 1. The Kier molecular flexibility index (Phi) is 5.29. The van der Waals surface area contributed by atoms with E-state index >= 15 is 0 Å². The minimum absolute atomic E-state index is 0.0847. The Hall–Kier alpha value is -2.34. The number of dihydropyridines is 1. The predicted octanol–water partition coefficient (Wildman–Crippen LogP) is 3.76. The molecule has 1 aromatic rings. The lowest BCUT2D eigenvalue weighted by atomic mass is 9.84. The van der Waals surface area contributed by atoms with Crippen LogP contribution in [0.1, 0.15) is 39.2 Å².